The molecule has 3 aromatic rings. The highest BCUT2D eigenvalue weighted by molar-refractivity contribution is 5.92. The Labute approximate surface area is 149 Å². The molecule has 3 heterocycles. The van der Waals surface area contributed by atoms with Crippen molar-refractivity contribution in [3.8, 4) is 11.3 Å². The molecule has 0 fully saturated rings. The number of aromatic amines is 1. The number of amides is 1. The van der Waals surface area contributed by atoms with Gasteiger partial charge in [-0.25, -0.2) is 4.39 Å². The Morgan fingerprint density at radius 1 is 1.31 bits per heavy atom. The van der Waals surface area contributed by atoms with Gasteiger partial charge in [-0.2, -0.15) is 10.2 Å². The number of nitrogens with zero attached hydrogens (tertiary/aromatic N) is 3. The molecule has 1 aliphatic rings. The Hall–Kier alpha value is -3.00. The summed E-state index contributed by atoms with van der Waals surface area (Å²) in [4.78, 5) is 12.4. The Balaban J connectivity index is 1.46. The molecule has 0 saturated carbocycles. The maximum Gasteiger partial charge on any atom is 0.272 e. The van der Waals surface area contributed by atoms with Crippen LogP contribution in [-0.2, 0) is 19.6 Å². The summed E-state index contributed by atoms with van der Waals surface area (Å²) in [5.41, 5.74) is 3.83. The van der Waals surface area contributed by atoms with Crippen LogP contribution in [-0.4, -0.2) is 32.4 Å². The molecule has 2 aromatic heterocycles. The van der Waals surface area contributed by atoms with Gasteiger partial charge in [-0.3, -0.25) is 14.6 Å². The number of carbonyl (C=O) groups is 1. The van der Waals surface area contributed by atoms with Gasteiger partial charge in [0.05, 0.1) is 17.6 Å². The van der Waals surface area contributed by atoms with Crippen molar-refractivity contribution in [1.82, 2.24) is 30.6 Å². The standard InChI is InChI=1S/C18H19FN6O/c19-14-4-2-12(3-5-14)17-13(10-22-23-17)9-21-18(26)16-8-15-11-20-6-1-7-25(15)24-16/h2-5,8,10,20H,1,6-7,9,11H2,(H,21,26)(H,22,23). The first-order valence-corrected chi connectivity index (χ1v) is 8.54. The number of nitrogens with one attached hydrogen (secondary N) is 3. The summed E-state index contributed by atoms with van der Waals surface area (Å²) in [7, 11) is 0. The molecule has 0 saturated heterocycles. The summed E-state index contributed by atoms with van der Waals surface area (Å²) < 4.78 is 15.0. The normalized spacial score (nSPS) is 13.9. The minimum Gasteiger partial charge on any atom is -0.346 e. The van der Waals surface area contributed by atoms with Crippen LogP contribution in [0.3, 0.4) is 0 Å². The first-order chi connectivity index (χ1) is 12.7. The van der Waals surface area contributed by atoms with Crippen molar-refractivity contribution in [2.24, 2.45) is 0 Å². The summed E-state index contributed by atoms with van der Waals surface area (Å²) >= 11 is 0. The number of benzene rings is 1. The second-order valence-corrected chi connectivity index (χ2v) is 6.23. The minimum atomic E-state index is -0.294. The molecule has 0 radical (unpaired) electrons. The number of hydrogen-bond acceptors (Lipinski definition) is 4. The molecular formula is C18H19FN6O. The van der Waals surface area contributed by atoms with Gasteiger partial charge >= 0.3 is 0 Å². The van der Waals surface area contributed by atoms with E-state index in [1.54, 1.807) is 18.3 Å². The lowest BCUT2D eigenvalue weighted by Crippen LogP contribution is -2.23. The van der Waals surface area contributed by atoms with Crippen molar-refractivity contribution in [3.63, 3.8) is 0 Å². The fourth-order valence-electron chi connectivity index (χ4n) is 3.05. The van der Waals surface area contributed by atoms with E-state index in [0.717, 1.165) is 48.6 Å². The zero-order valence-corrected chi connectivity index (χ0v) is 14.1. The predicted octanol–water partition coefficient (Wildman–Crippen LogP) is 1.84. The summed E-state index contributed by atoms with van der Waals surface area (Å²) in [6.45, 7) is 2.79. The highest BCUT2D eigenvalue weighted by Crippen LogP contribution is 2.21. The maximum absolute atomic E-state index is 13.1. The van der Waals surface area contributed by atoms with Crippen LogP contribution >= 0.6 is 0 Å². The molecule has 0 spiro atoms. The second-order valence-electron chi connectivity index (χ2n) is 6.23. The van der Waals surface area contributed by atoms with E-state index in [2.05, 4.69) is 25.9 Å². The summed E-state index contributed by atoms with van der Waals surface area (Å²) in [5.74, 6) is -0.519. The SMILES string of the molecule is O=C(NCc1cn[nH]c1-c1ccc(F)cc1)c1cc2n(n1)CCCNC2. The van der Waals surface area contributed by atoms with Crippen LogP contribution in [0.1, 0.15) is 28.2 Å². The van der Waals surface area contributed by atoms with Crippen molar-refractivity contribution in [2.75, 3.05) is 6.54 Å². The molecule has 0 unspecified atom stereocenters. The van der Waals surface area contributed by atoms with Crippen LogP contribution in [0.15, 0.2) is 36.5 Å². The van der Waals surface area contributed by atoms with E-state index < -0.39 is 0 Å². The smallest absolute Gasteiger partial charge is 0.272 e. The Morgan fingerprint density at radius 2 is 2.15 bits per heavy atom. The van der Waals surface area contributed by atoms with Gasteiger partial charge in [-0.05, 0) is 43.3 Å². The van der Waals surface area contributed by atoms with Gasteiger partial charge in [0.15, 0.2) is 5.69 Å². The minimum absolute atomic E-state index is 0.225. The number of aryl methyl sites for hydroxylation is 1. The van der Waals surface area contributed by atoms with Gasteiger partial charge < -0.3 is 10.6 Å². The predicted molar refractivity (Wildman–Crippen MR) is 93.7 cm³/mol. The number of halogens is 1. The fourth-order valence-corrected chi connectivity index (χ4v) is 3.05. The van der Waals surface area contributed by atoms with Crippen LogP contribution in [0.2, 0.25) is 0 Å². The van der Waals surface area contributed by atoms with E-state index in [9.17, 15) is 9.18 Å². The number of rotatable bonds is 4. The van der Waals surface area contributed by atoms with Gasteiger partial charge in [-0.15, -0.1) is 0 Å². The molecule has 0 aliphatic carbocycles. The third-order valence-corrected chi connectivity index (χ3v) is 4.42. The van der Waals surface area contributed by atoms with Gasteiger partial charge in [0.25, 0.3) is 5.91 Å². The molecule has 1 aromatic carbocycles. The van der Waals surface area contributed by atoms with E-state index in [1.165, 1.54) is 12.1 Å². The van der Waals surface area contributed by atoms with E-state index in [0.29, 0.717) is 12.2 Å². The van der Waals surface area contributed by atoms with Crippen LogP contribution < -0.4 is 10.6 Å². The van der Waals surface area contributed by atoms with Crippen molar-refractivity contribution in [2.45, 2.75) is 26.1 Å². The number of hydrogen-bond donors (Lipinski definition) is 3. The van der Waals surface area contributed by atoms with Crippen molar-refractivity contribution < 1.29 is 9.18 Å². The lowest BCUT2D eigenvalue weighted by atomic mass is 10.1. The fraction of sp³-hybridized carbons (Fsp3) is 0.278. The molecule has 134 valence electrons. The van der Waals surface area contributed by atoms with Crippen LogP contribution in [0, 0.1) is 5.82 Å². The molecule has 0 atom stereocenters. The number of fused-ring (bicyclic) bond motifs is 1. The largest absolute Gasteiger partial charge is 0.346 e. The third-order valence-electron chi connectivity index (χ3n) is 4.42. The average Bonchev–Trinajstić information content (AvgIpc) is 3.22. The Morgan fingerprint density at radius 3 is 3.00 bits per heavy atom. The van der Waals surface area contributed by atoms with E-state index >= 15 is 0 Å². The first kappa shape index (κ1) is 16.5. The zero-order chi connectivity index (χ0) is 17.9. The zero-order valence-electron chi connectivity index (χ0n) is 14.1. The Kier molecular flexibility index (Phi) is 4.49. The molecule has 3 N–H and O–H groups in total. The van der Waals surface area contributed by atoms with Crippen molar-refractivity contribution >= 4 is 5.91 Å². The monoisotopic (exact) mass is 354 g/mol. The van der Waals surface area contributed by atoms with Crippen LogP contribution in [0.5, 0.6) is 0 Å². The van der Waals surface area contributed by atoms with Crippen molar-refractivity contribution in [1.29, 1.82) is 0 Å². The Bertz CT molecular complexity index is 891. The molecule has 26 heavy (non-hydrogen) atoms. The van der Waals surface area contributed by atoms with Crippen LogP contribution in [0.4, 0.5) is 4.39 Å². The van der Waals surface area contributed by atoms with Crippen LogP contribution in [0.25, 0.3) is 11.3 Å². The van der Waals surface area contributed by atoms with Gasteiger partial charge in [0.1, 0.15) is 5.82 Å². The van der Waals surface area contributed by atoms with E-state index in [4.69, 9.17) is 0 Å². The first-order valence-electron chi connectivity index (χ1n) is 8.54. The molecular weight excluding hydrogens is 335 g/mol. The number of carbonyl (C=O) groups excluding carboxylic acids is 1. The van der Waals surface area contributed by atoms with E-state index in [-0.39, 0.29) is 11.7 Å². The third kappa shape index (κ3) is 3.36. The summed E-state index contributed by atoms with van der Waals surface area (Å²) in [6, 6.07) is 7.96. The maximum atomic E-state index is 13.1. The quantitative estimate of drug-likeness (QED) is 0.667. The molecule has 0 bridgehead atoms. The highest BCUT2D eigenvalue weighted by Gasteiger charge is 2.16. The lowest BCUT2D eigenvalue weighted by molar-refractivity contribution is 0.0945. The molecule has 7 nitrogen and oxygen atoms in total. The molecule has 1 amide bonds. The van der Waals surface area contributed by atoms with Gasteiger partial charge in [0, 0.05) is 30.8 Å². The average molecular weight is 354 g/mol. The second kappa shape index (κ2) is 7.09. The number of aromatic nitrogens is 4. The van der Waals surface area contributed by atoms with Gasteiger partial charge in [-0.1, -0.05) is 0 Å². The molecule has 4 rings (SSSR count). The molecule has 8 heteroatoms. The lowest BCUT2D eigenvalue weighted by Gasteiger charge is -2.05. The van der Waals surface area contributed by atoms with E-state index in [1.807, 2.05) is 10.7 Å². The summed E-state index contributed by atoms with van der Waals surface area (Å²) in [5, 5.41) is 17.5. The summed E-state index contributed by atoms with van der Waals surface area (Å²) in [6.07, 6.45) is 2.65. The molecule has 1 aliphatic heterocycles. The van der Waals surface area contributed by atoms with Gasteiger partial charge in [0.2, 0.25) is 0 Å². The highest BCUT2D eigenvalue weighted by atomic mass is 19.1. The van der Waals surface area contributed by atoms with Crippen molar-refractivity contribution in [3.05, 3.63) is 59.3 Å². The number of H-pyrrole nitrogens is 1. The topological polar surface area (TPSA) is 87.6 Å².